The molecule has 3 heterocycles. The van der Waals surface area contributed by atoms with Crippen molar-refractivity contribution in [2.45, 2.75) is 58.2 Å². The summed E-state index contributed by atoms with van der Waals surface area (Å²) in [5.41, 5.74) is 5.62. The Labute approximate surface area is 197 Å². The Morgan fingerprint density at radius 2 is 2.00 bits per heavy atom. The molecule has 2 fully saturated rings. The Balaban J connectivity index is 1.44. The van der Waals surface area contributed by atoms with E-state index in [0.717, 1.165) is 71.9 Å². The molecule has 1 aliphatic carbocycles. The van der Waals surface area contributed by atoms with Crippen LogP contribution < -0.4 is 5.32 Å². The first-order valence-electron chi connectivity index (χ1n) is 12.8. The van der Waals surface area contributed by atoms with Crippen molar-refractivity contribution in [3.8, 4) is 0 Å². The molecular weight excluding hydrogens is 414 g/mol. The number of H-pyrrole nitrogens is 1. The smallest absolute Gasteiger partial charge is 0.317 e. The summed E-state index contributed by atoms with van der Waals surface area (Å²) in [5, 5.41) is 4.79. The number of carbonyl (C=O) groups excluding carboxylic acids is 1. The third-order valence-corrected chi connectivity index (χ3v) is 8.06. The number of likely N-dealkylation sites (tertiary alicyclic amines) is 1. The molecule has 3 atom stereocenters. The number of hydrogen-bond donors (Lipinski definition) is 2. The van der Waals surface area contributed by atoms with E-state index in [2.05, 4.69) is 45.2 Å². The van der Waals surface area contributed by atoms with Crippen molar-refractivity contribution in [1.29, 1.82) is 0 Å². The van der Waals surface area contributed by atoms with Crippen LogP contribution in [0.5, 0.6) is 0 Å². The maximum atomic E-state index is 12.8. The number of aromatic nitrogens is 1. The van der Waals surface area contributed by atoms with Gasteiger partial charge in [-0.05, 0) is 50.4 Å². The number of aromatic amines is 1. The van der Waals surface area contributed by atoms with Crippen LogP contribution in [0.2, 0.25) is 0 Å². The van der Waals surface area contributed by atoms with Gasteiger partial charge in [-0.1, -0.05) is 19.1 Å². The second-order valence-electron chi connectivity index (χ2n) is 9.76. The molecule has 1 aromatic heterocycles. The number of morpholine rings is 1. The number of benzene rings is 1. The highest BCUT2D eigenvalue weighted by Gasteiger charge is 2.41. The van der Waals surface area contributed by atoms with Crippen molar-refractivity contribution < 1.29 is 9.53 Å². The molecule has 180 valence electrons. The highest BCUT2D eigenvalue weighted by molar-refractivity contribution is 5.89. The number of rotatable bonds is 6. The second kappa shape index (κ2) is 9.65. The Hall–Kier alpha value is -2.09. The predicted molar refractivity (Wildman–Crippen MR) is 132 cm³/mol. The van der Waals surface area contributed by atoms with Gasteiger partial charge < -0.3 is 19.9 Å². The number of urea groups is 1. The molecule has 0 radical (unpaired) electrons. The molecule has 2 aliphatic heterocycles. The molecule has 7 heteroatoms. The molecule has 0 saturated carbocycles. The lowest BCUT2D eigenvalue weighted by molar-refractivity contribution is 0.0335. The first kappa shape index (κ1) is 22.7. The van der Waals surface area contributed by atoms with Gasteiger partial charge >= 0.3 is 6.03 Å². The molecule has 7 nitrogen and oxygen atoms in total. The number of piperidine rings is 1. The van der Waals surface area contributed by atoms with E-state index in [1.165, 1.54) is 27.7 Å². The fourth-order valence-electron chi connectivity index (χ4n) is 6.32. The van der Waals surface area contributed by atoms with Crippen LogP contribution in [-0.4, -0.2) is 90.3 Å². The van der Waals surface area contributed by atoms with Crippen LogP contribution in [0.1, 0.15) is 49.9 Å². The van der Waals surface area contributed by atoms with E-state index in [-0.39, 0.29) is 12.1 Å². The molecule has 0 spiro atoms. The zero-order chi connectivity index (χ0) is 22.9. The number of nitrogens with one attached hydrogen (secondary N) is 2. The summed E-state index contributed by atoms with van der Waals surface area (Å²) in [6.45, 7) is 14.4. The van der Waals surface area contributed by atoms with Crippen molar-refractivity contribution in [3.05, 3.63) is 35.0 Å². The zero-order valence-corrected chi connectivity index (χ0v) is 20.4. The summed E-state index contributed by atoms with van der Waals surface area (Å²) in [7, 11) is 0. The number of likely N-dealkylation sites (N-methyl/N-ethyl adjacent to an activating group) is 1. The van der Waals surface area contributed by atoms with Crippen molar-refractivity contribution in [3.63, 3.8) is 0 Å². The van der Waals surface area contributed by atoms with Crippen LogP contribution in [-0.2, 0) is 17.7 Å². The second-order valence-corrected chi connectivity index (χ2v) is 9.76. The highest BCUT2D eigenvalue weighted by atomic mass is 16.5. The van der Waals surface area contributed by atoms with Crippen LogP contribution in [0.4, 0.5) is 4.79 Å². The Kier molecular flexibility index (Phi) is 6.63. The number of fused-ring (bicyclic) bond motifs is 2. The zero-order valence-electron chi connectivity index (χ0n) is 20.4. The molecule has 2 amide bonds. The minimum absolute atomic E-state index is 0.0728. The third kappa shape index (κ3) is 4.27. The first-order chi connectivity index (χ1) is 16.1. The van der Waals surface area contributed by atoms with Gasteiger partial charge in [-0.2, -0.15) is 0 Å². The van der Waals surface area contributed by atoms with Gasteiger partial charge in [0.1, 0.15) is 0 Å². The summed E-state index contributed by atoms with van der Waals surface area (Å²) in [6.07, 6.45) is 2.10. The van der Waals surface area contributed by atoms with Gasteiger partial charge in [0.05, 0.1) is 13.2 Å². The quantitative estimate of drug-likeness (QED) is 0.705. The lowest BCUT2D eigenvalue weighted by Crippen LogP contribution is -2.57. The fourth-order valence-corrected chi connectivity index (χ4v) is 6.32. The molecule has 1 aromatic carbocycles. The van der Waals surface area contributed by atoms with Gasteiger partial charge in [0, 0.05) is 73.9 Å². The maximum absolute atomic E-state index is 12.8. The van der Waals surface area contributed by atoms with E-state index in [1.54, 1.807) is 0 Å². The van der Waals surface area contributed by atoms with E-state index < -0.39 is 0 Å². The summed E-state index contributed by atoms with van der Waals surface area (Å²) in [6, 6.07) is 7.51. The molecule has 5 rings (SSSR count). The number of carbonyl (C=O) groups is 1. The standard InChI is InChI=1S/C26H39N5O2/c1-4-30(5-2)26(32)27-18-14-20-19-8-7-9-22-25(19)21(15-24(20)31(6-3)16-18)23(28-22)17-29-10-12-33-13-11-29/h7-9,18,20,24,28H,4-6,10-17H2,1-3H3,(H,27,32)/t18-,20+,24+/m0/s1. The number of amides is 2. The number of hydrogen-bond acceptors (Lipinski definition) is 4. The van der Waals surface area contributed by atoms with Crippen LogP contribution in [0.3, 0.4) is 0 Å². The first-order valence-corrected chi connectivity index (χ1v) is 12.8. The van der Waals surface area contributed by atoms with E-state index in [4.69, 9.17) is 4.74 Å². The minimum Gasteiger partial charge on any atom is -0.379 e. The van der Waals surface area contributed by atoms with Crippen LogP contribution in [0.15, 0.2) is 18.2 Å². The van der Waals surface area contributed by atoms with Crippen LogP contribution in [0.25, 0.3) is 10.9 Å². The molecule has 0 bridgehead atoms. The van der Waals surface area contributed by atoms with Crippen molar-refractivity contribution in [2.24, 2.45) is 0 Å². The number of ether oxygens (including phenoxy) is 1. The summed E-state index contributed by atoms with van der Waals surface area (Å²) < 4.78 is 5.56. The van der Waals surface area contributed by atoms with Crippen LogP contribution >= 0.6 is 0 Å². The average Bonchev–Trinajstić information content (AvgIpc) is 3.18. The van der Waals surface area contributed by atoms with E-state index in [1.807, 2.05) is 18.7 Å². The lowest BCUT2D eigenvalue weighted by atomic mass is 9.73. The van der Waals surface area contributed by atoms with E-state index in [0.29, 0.717) is 12.0 Å². The Morgan fingerprint density at radius 1 is 1.21 bits per heavy atom. The van der Waals surface area contributed by atoms with E-state index >= 15 is 0 Å². The summed E-state index contributed by atoms with van der Waals surface area (Å²) in [4.78, 5) is 23.6. The normalized spacial score (nSPS) is 25.7. The van der Waals surface area contributed by atoms with Crippen molar-refractivity contribution in [2.75, 3.05) is 52.5 Å². The fraction of sp³-hybridized carbons (Fsp3) is 0.654. The maximum Gasteiger partial charge on any atom is 0.317 e. The predicted octanol–water partition coefficient (Wildman–Crippen LogP) is 3.15. The molecule has 33 heavy (non-hydrogen) atoms. The molecule has 3 aliphatic rings. The van der Waals surface area contributed by atoms with Gasteiger partial charge in [-0.3, -0.25) is 9.80 Å². The van der Waals surface area contributed by atoms with Gasteiger partial charge in [-0.25, -0.2) is 4.79 Å². The van der Waals surface area contributed by atoms with Gasteiger partial charge in [-0.15, -0.1) is 0 Å². The van der Waals surface area contributed by atoms with Gasteiger partial charge in [0.2, 0.25) is 0 Å². The summed E-state index contributed by atoms with van der Waals surface area (Å²) in [5.74, 6) is 0.448. The van der Waals surface area contributed by atoms with Gasteiger partial charge in [0.15, 0.2) is 0 Å². The topological polar surface area (TPSA) is 63.8 Å². The molecule has 0 unspecified atom stereocenters. The minimum atomic E-state index is 0.0728. The molecule has 2 aromatic rings. The average molecular weight is 454 g/mol. The molecule has 2 N–H and O–H groups in total. The third-order valence-electron chi connectivity index (χ3n) is 8.06. The lowest BCUT2D eigenvalue weighted by Gasteiger charge is -2.47. The largest absolute Gasteiger partial charge is 0.379 e. The van der Waals surface area contributed by atoms with Crippen LogP contribution in [0, 0.1) is 0 Å². The van der Waals surface area contributed by atoms with E-state index in [9.17, 15) is 4.79 Å². The summed E-state index contributed by atoms with van der Waals surface area (Å²) >= 11 is 0. The Bertz CT molecular complexity index is 978. The molecule has 2 saturated heterocycles. The highest BCUT2D eigenvalue weighted by Crippen LogP contribution is 2.44. The van der Waals surface area contributed by atoms with Crippen molar-refractivity contribution >= 4 is 16.9 Å². The van der Waals surface area contributed by atoms with Gasteiger partial charge in [0.25, 0.3) is 0 Å². The molecular formula is C26H39N5O2. The van der Waals surface area contributed by atoms with Crippen molar-refractivity contribution in [1.82, 2.24) is 25.0 Å². The number of nitrogens with zero attached hydrogens (tertiary/aromatic N) is 3. The monoisotopic (exact) mass is 453 g/mol. The Morgan fingerprint density at radius 3 is 2.73 bits per heavy atom. The SMILES string of the molecule is CCN(CC)C(=O)N[C@H]1C[C@@H]2c3cccc4[nH]c(CN5CCOCC5)c(c34)C[C@H]2N(CC)C1.